The lowest BCUT2D eigenvalue weighted by Crippen LogP contribution is -2.26. The fraction of sp³-hybridized carbons (Fsp3) is 0.133. The van der Waals surface area contributed by atoms with Gasteiger partial charge in [-0.05, 0) is 54.6 Å². The fourth-order valence-electron chi connectivity index (χ4n) is 3.64. The average Bonchev–Trinajstić information content (AvgIpc) is 2.95. The van der Waals surface area contributed by atoms with Crippen molar-refractivity contribution in [3.63, 3.8) is 0 Å². The first-order valence-electron chi connectivity index (χ1n) is 12.0. The van der Waals surface area contributed by atoms with Gasteiger partial charge in [0.25, 0.3) is 5.91 Å². The molecule has 0 heterocycles. The molecule has 0 atom stereocenters. The molecule has 4 rings (SSSR count). The first kappa shape index (κ1) is 25.3. The number of carbonyl (C=O) groups is 2. The maximum atomic E-state index is 12.9. The van der Waals surface area contributed by atoms with Gasteiger partial charge in [-0.3, -0.25) is 9.59 Å². The van der Waals surface area contributed by atoms with Crippen molar-refractivity contribution >= 4 is 28.9 Å². The molecule has 4 aromatic rings. The summed E-state index contributed by atoms with van der Waals surface area (Å²) in [5, 5.41) is 5.96. The number of nitrogens with one attached hydrogen (secondary N) is 2. The van der Waals surface area contributed by atoms with Crippen LogP contribution in [-0.2, 0) is 4.79 Å². The van der Waals surface area contributed by atoms with Gasteiger partial charge in [-0.2, -0.15) is 0 Å². The van der Waals surface area contributed by atoms with Crippen molar-refractivity contribution in [3.8, 4) is 11.5 Å². The largest absolute Gasteiger partial charge is 0.490 e. The Labute approximate surface area is 216 Å². The molecule has 188 valence electrons. The topological polar surface area (TPSA) is 79.9 Å². The number of hydrogen-bond donors (Lipinski definition) is 2. The summed E-state index contributed by atoms with van der Waals surface area (Å²) < 4.78 is 11.5. The first-order valence-corrected chi connectivity index (χ1v) is 12.0. The van der Waals surface area contributed by atoms with Crippen molar-refractivity contribution in [1.82, 2.24) is 0 Å². The van der Waals surface area contributed by atoms with E-state index in [0.29, 0.717) is 35.9 Å². The summed E-state index contributed by atoms with van der Waals surface area (Å²) in [7, 11) is 1.72. The monoisotopic (exact) mass is 495 g/mol. The molecular formula is C30H29N3O4. The highest BCUT2D eigenvalue weighted by Gasteiger charge is 2.14. The number of nitrogens with zero attached hydrogens (tertiary/aromatic N) is 1. The Morgan fingerprint density at radius 2 is 1.43 bits per heavy atom. The summed E-state index contributed by atoms with van der Waals surface area (Å²) in [6.07, 6.45) is 0. The molecular weight excluding hydrogens is 466 g/mol. The number of rotatable bonds is 11. The van der Waals surface area contributed by atoms with Gasteiger partial charge < -0.3 is 25.0 Å². The van der Waals surface area contributed by atoms with Crippen molar-refractivity contribution in [3.05, 3.63) is 115 Å². The van der Waals surface area contributed by atoms with Crippen LogP contribution in [0, 0.1) is 0 Å². The van der Waals surface area contributed by atoms with E-state index in [1.807, 2.05) is 84.9 Å². The quantitative estimate of drug-likeness (QED) is 0.270. The minimum Gasteiger partial charge on any atom is -0.490 e. The summed E-state index contributed by atoms with van der Waals surface area (Å²) in [6, 6.07) is 33.2. The van der Waals surface area contributed by atoms with E-state index in [4.69, 9.17) is 9.47 Å². The molecule has 2 amide bonds. The van der Waals surface area contributed by atoms with Gasteiger partial charge in [-0.25, -0.2) is 0 Å². The van der Waals surface area contributed by atoms with Gasteiger partial charge in [0.1, 0.15) is 24.7 Å². The number of amides is 2. The third-order valence-corrected chi connectivity index (χ3v) is 5.52. The molecule has 7 nitrogen and oxygen atoms in total. The minimum atomic E-state index is -0.247. The summed E-state index contributed by atoms with van der Waals surface area (Å²) in [5.41, 5.74) is 2.51. The van der Waals surface area contributed by atoms with Crippen LogP contribution in [0.1, 0.15) is 10.4 Å². The molecule has 0 radical (unpaired) electrons. The molecule has 0 aromatic heterocycles. The van der Waals surface area contributed by atoms with E-state index in [1.165, 1.54) is 0 Å². The van der Waals surface area contributed by atoms with E-state index >= 15 is 0 Å². The summed E-state index contributed by atoms with van der Waals surface area (Å²) in [6.45, 7) is 0.786. The average molecular weight is 496 g/mol. The first-order chi connectivity index (χ1) is 18.1. The number of carbonyl (C=O) groups excluding carboxylic acids is 2. The van der Waals surface area contributed by atoms with Crippen molar-refractivity contribution in [2.45, 2.75) is 0 Å². The summed E-state index contributed by atoms with van der Waals surface area (Å²) in [4.78, 5) is 27.1. The molecule has 0 unspecified atom stereocenters. The van der Waals surface area contributed by atoms with Crippen LogP contribution in [0.3, 0.4) is 0 Å². The van der Waals surface area contributed by atoms with Crippen molar-refractivity contribution in [2.24, 2.45) is 0 Å². The molecule has 7 heteroatoms. The summed E-state index contributed by atoms with van der Waals surface area (Å²) >= 11 is 0. The molecule has 0 aliphatic heterocycles. The molecule has 2 N–H and O–H groups in total. The highest BCUT2D eigenvalue weighted by molar-refractivity contribution is 6.06. The molecule has 0 saturated heterocycles. The molecule has 0 saturated carbocycles. The molecule has 0 aliphatic carbocycles. The van der Waals surface area contributed by atoms with E-state index in [0.717, 1.165) is 11.4 Å². The van der Waals surface area contributed by atoms with Gasteiger partial charge in [0.05, 0.1) is 12.2 Å². The van der Waals surface area contributed by atoms with Crippen LogP contribution in [0.15, 0.2) is 109 Å². The van der Waals surface area contributed by atoms with E-state index in [-0.39, 0.29) is 18.4 Å². The Bertz CT molecular complexity index is 1310. The van der Waals surface area contributed by atoms with Gasteiger partial charge in [0.2, 0.25) is 5.91 Å². The normalized spacial score (nSPS) is 10.3. The predicted octanol–water partition coefficient (Wildman–Crippen LogP) is 5.47. The number of hydrogen-bond acceptors (Lipinski definition) is 5. The number of ether oxygens (including phenoxy) is 2. The smallest absolute Gasteiger partial charge is 0.258 e. The van der Waals surface area contributed by atoms with Crippen LogP contribution in [0.2, 0.25) is 0 Å². The van der Waals surface area contributed by atoms with Crippen molar-refractivity contribution in [1.29, 1.82) is 0 Å². The number of anilines is 3. The molecule has 0 bridgehead atoms. The summed E-state index contributed by atoms with van der Waals surface area (Å²) in [5.74, 6) is 1.00. The second-order valence-electron chi connectivity index (χ2n) is 8.19. The third kappa shape index (κ3) is 7.35. The van der Waals surface area contributed by atoms with Crippen LogP contribution >= 0.6 is 0 Å². The Hall–Kier alpha value is -4.78. The van der Waals surface area contributed by atoms with E-state index in [9.17, 15) is 9.59 Å². The lowest BCUT2D eigenvalue weighted by molar-refractivity contribution is -0.114. The highest BCUT2D eigenvalue weighted by atomic mass is 16.5. The Morgan fingerprint density at radius 1 is 0.757 bits per heavy atom. The second kappa shape index (κ2) is 12.8. The highest BCUT2D eigenvalue weighted by Crippen LogP contribution is 2.24. The van der Waals surface area contributed by atoms with Crippen LogP contribution in [0.5, 0.6) is 11.5 Å². The zero-order valence-electron chi connectivity index (χ0n) is 20.6. The van der Waals surface area contributed by atoms with Crippen molar-refractivity contribution in [2.75, 3.05) is 42.3 Å². The number of benzene rings is 4. The standard InChI is InChI=1S/C30H29N3O4/c1-33(25-13-4-2-5-14-25)30(35)23-11-10-12-24(21-23)32-29(34)22-31-27-17-8-9-18-28(27)37-20-19-36-26-15-6-3-7-16-26/h2-18,21,31H,19-20,22H2,1H3,(H,32,34). The Morgan fingerprint density at radius 3 is 2.22 bits per heavy atom. The van der Waals surface area contributed by atoms with Crippen LogP contribution in [0.4, 0.5) is 17.1 Å². The van der Waals surface area contributed by atoms with Crippen LogP contribution in [0.25, 0.3) is 0 Å². The second-order valence-corrected chi connectivity index (χ2v) is 8.19. The lowest BCUT2D eigenvalue weighted by atomic mass is 10.1. The fourth-order valence-corrected chi connectivity index (χ4v) is 3.64. The van der Waals surface area contributed by atoms with Crippen molar-refractivity contribution < 1.29 is 19.1 Å². The molecule has 37 heavy (non-hydrogen) atoms. The number of para-hydroxylation sites is 4. The molecule has 0 fully saturated rings. The van der Waals surface area contributed by atoms with Gasteiger partial charge in [0.15, 0.2) is 0 Å². The maximum absolute atomic E-state index is 12.9. The van der Waals surface area contributed by atoms with Gasteiger partial charge in [-0.1, -0.05) is 54.6 Å². The maximum Gasteiger partial charge on any atom is 0.258 e. The Balaban J connectivity index is 1.29. The van der Waals surface area contributed by atoms with Crippen LogP contribution < -0.4 is 25.0 Å². The zero-order chi connectivity index (χ0) is 25.9. The molecule has 4 aromatic carbocycles. The van der Waals surface area contributed by atoms with E-state index in [2.05, 4.69) is 10.6 Å². The molecule has 0 aliphatic rings. The predicted molar refractivity (Wildman–Crippen MR) is 147 cm³/mol. The Kier molecular flexibility index (Phi) is 8.75. The minimum absolute atomic E-state index is 0.0307. The van der Waals surface area contributed by atoms with Crippen LogP contribution in [-0.4, -0.2) is 38.6 Å². The van der Waals surface area contributed by atoms with E-state index < -0.39 is 0 Å². The van der Waals surface area contributed by atoms with Gasteiger partial charge >= 0.3 is 0 Å². The third-order valence-electron chi connectivity index (χ3n) is 5.52. The van der Waals surface area contributed by atoms with E-state index in [1.54, 1.807) is 36.2 Å². The van der Waals surface area contributed by atoms with Gasteiger partial charge in [-0.15, -0.1) is 0 Å². The molecule has 0 spiro atoms. The van der Waals surface area contributed by atoms with Gasteiger partial charge in [0, 0.05) is 24.0 Å². The SMILES string of the molecule is CN(C(=O)c1cccc(NC(=O)CNc2ccccc2OCCOc2ccccc2)c1)c1ccccc1. The lowest BCUT2D eigenvalue weighted by Gasteiger charge is -2.18. The zero-order valence-corrected chi connectivity index (χ0v) is 20.6.